The fourth-order valence-electron chi connectivity index (χ4n) is 2.21. The van der Waals surface area contributed by atoms with Crippen LogP contribution in [-0.4, -0.2) is 30.4 Å². The van der Waals surface area contributed by atoms with Crippen molar-refractivity contribution in [1.29, 1.82) is 0 Å². The number of nitrogens with two attached hydrogens (primary N) is 1. The van der Waals surface area contributed by atoms with E-state index in [1.54, 1.807) is 6.07 Å². The molecule has 1 fully saturated rings. The van der Waals surface area contributed by atoms with Crippen molar-refractivity contribution in [2.45, 2.75) is 12.8 Å². The standard InChI is InChI=1S/C13H16Cl2N2O/c14-11-2-1-10(12(15)6-11)3-4-17-8-9(7-16)5-13(17)18/h1-2,6,9H,3-5,7-8,16H2. The molecule has 0 bridgehead atoms. The predicted octanol–water partition coefficient (Wildman–Crippen LogP) is 2.34. The summed E-state index contributed by atoms with van der Waals surface area (Å²) in [6.07, 6.45) is 1.32. The van der Waals surface area contributed by atoms with Gasteiger partial charge in [-0.15, -0.1) is 0 Å². The summed E-state index contributed by atoms with van der Waals surface area (Å²) >= 11 is 11.9. The molecular weight excluding hydrogens is 271 g/mol. The number of halogens is 2. The topological polar surface area (TPSA) is 46.3 Å². The highest BCUT2D eigenvalue weighted by Gasteiger charge is 2.27. The van der Waals surface area contributed by atoms with Crippen LogP contribution in [0.3, 0.4) is 0 Å². The van der Waals surface area contributed by atoms with Gasteiger partial charge in [0.15, 0.2) is 0 Å². The maximum absolute atomic E-state index is 11.7. The Hall–Kier alpha value is -0.770. The fraction of sp³-hybridized carbons (Fsp3) is 0.462. The Balaban J connectivity index is 1.94. The van der Waals surface area contributed by atoms with Gasteiger partial charge < -0.3 is 10.6 Å². The summed E-state index contributed by atoms with van der Waals surface area (Å²) in [6, 6.07) is 5.45. The van der Waals surface area contributed by atoms with Gasteiger partial charge in [-0.25, -0.2) is 0 Å². The zero-order chi connectivity index (χ0) is 13.1. The van der Waals surface area contributed by atoms with Crippen molar-refractivity contribution in [2.75, 3.05) is 19.6 Å². The molecule has 1 heterocycles. The molecule has 2 N–H and O–H groups in total. The Bertz CT molecular complexity index is 451. The molecule has 0 aromatic heterocycles. The molecule has 5 heteroatoms. The molecule has 18 heavy (non-hydrogen) atoms. The minimum atomic E-state index is 0.190. The van der Waals surface area contributed by atoms with Gasteiger partial charge in [0.05, 0.1) is 0 Å². The van der Waals surface area contributed by atoms with Crippen molar-refractivity contribution < 1.29 is 4.79 Å². The van der Waals surface area contributed by atoms with Crippen molar-refractivity contribution in [3.63, 3.8) is 0 Å². The third kappa shape index (κ3) is 3.16. The van der Waals surface area contributed by atoms with E-state index >= 15 is 0 Å². The summed E-state index contributed by atoms with van der Waals surface area (Å²) < 4.78 is 0. The third-order valence-corrected chi connectivity index (χ3v) is 3.88. The van der Waals surface area contributed by atoms with Gasteiger partial charge in [0.1, 0.15) is 0 Å². The van der Waals surface area contributed by atoms with Crippen LogP contribution in [0.4, 0.5) is 0 Å². The zero-order valence-corrected chi connectivity index (χ0v) is 11.5. The van der Waals surface area contributed by atoms with Crippen LogP contribution in [0.15, 0.2) is 18.2 Å². The van der Waals surface area contributed by atoms with Gasteiger partial charge in [0.25, 0.3) is 0 Å². The van der Waals surface area contributed by atoms with E-state index in [0.717, 1.165) is 18.5 Å². The highest BCUT2D eigenvalue weighted by atomic mass is 35.5. The number of amides is 1. The highest BCUT2D eigenvalue weighted by Crippen LogP contribution is 2.23. The van der Waals surface area contributed by atoms with Crippen molar-refractivity contribution in [2.24, 2.45) is 11.7 Å². The van der Waals surface area contributed by atoms with Gasteiger partial charge in [-0.05, 0) is 36.6 Å². The van der Waals surface area contributed by atoms with Crippen molar-refractivity contribution >= 4 is 29.1 Å². The van der Waals surface area contributed by atoms with Gasteiger partial charge in [-0.2, -0.15) is 0 Å². The van der Waals surface area contributed by atoms with E-state index in [4.69, 9.17) is 28.9 Å². The van der Waals surface area contributed by atoms with Gasteiger partial charge in [-0.1, -0.05) is 29.3 Å². The number of carbonyl (C=O) groups excluding carboxylic acids is 1. The van der Waals surface area contributed by atoms with E-state index in [2.05, 4.69) is 0 Å². The summed E-state index contributed by atoms with van der Waals surface area (Å²) in [5.41, 5.74) is 6.61. The lowest BCUT2D eigenvalue weighted by atomic mass is 10.1. The number of rotatable bonds is 4. The SMILES string of the molecule is NCC1CC(=O)N(CCc2ccc(Cl)cc2Cl)C1. The van der Waals surface area contributed by atoms with Gasteiger partial charge >= 0.3 is 0 Å². The van der Waals surface area contributed by atoms with Crippen LogP contribution >= 0.6 is 23.2 Å². The van der Waals surface area contributed by atoms with Gasteiger partial charge in [-0.3, -0.25) is 4.79 Å². The molecule has 3 nitrogen and oxygen atoms in total. The average Bonchev–Trinajstić information content (AvgIpc) is 2.69. The third-order valence-electron chi connectivity index (χ3n) is 3.29. The quantitative estimate of drug-likeness (QED) is 0.924. The van der Waals surface area contributed by atoms with E-state index in [1.165, 1.54) is 0 Å². The summed E-state index contributed by atoms with van der Waals surface area (Å²) in [7, 11) is 0. The molecule has 0 spiro atoms. The first-order valence-corrected chi connectivity index (χ1v) is 6.77. The second-order valence-corrected chi connectivity index (χ2v) is 5.47. The summed E-state index contributed by atoms with van der Waals surface area (Å²) in [6.45, 7) is 2.03. The van der Waals surface area contributed by atoms with E-state index in [0.29, 0.717) is 35.5 Å². The average molecular weight is 287 g/mol. The largest absolute Gasteiger partial charge is 0.342 e. The summed E-state index contributed by atoms with van der Waals surface area (Å²) in [5.74, 6) is 0.494. The van der Waals surface area contributed by atoms with E-state index < -0.39 is 0 Å². The molecular formula is C13H16Cl2N2O. The molecule has 1 unspecified atom stereocenters. The lowest BCUT2D eigenvalue weighted by Crippen LogP contribution is -2.28. The molecule has 1 amide bonds. The Kier molecular flexibility index (Phi) is 4.49. The van der Waals surface area contributed by atoms with Crippen molar-refractivity contribution in [1.82, 2.24) is 4.90 Å². The first-order valence-electron chi connectivity index (χ1n) is 6.02. The Morgan fingerprint density at radius 2 is 2.17 bits per heavy atom. The lowest BCUT2D eigenvalue weighted by molar-refractivity contribution is -0.127. The second kappa shape index (κ2) is 5.91. The van der Waals surface area contributed by atoms with E-state index in [9.17, 15) is 4.79 Å². The van der Waals surface area contributed by atoms with Crippen LogP contribution in [0, 0.1) is 5.92 Å². The predicted molar refractivity (Wildman–Crippen MR) is 73.9 cm³/mol. The van der Waals surface area contributed by atoms with Crippen LogP contribution in [0.2, 0.25) is 10.0 Å². The molecule has 0 aliphatic carbocycles. The minimum absolute atomic E-state index is 0.190. The lowest BCUT2D eigenvalue weighted by Gasteiger charge is -2.16. The van der Waals surface area contributed by atoms with Crippen LogP contribution in [0.25, 0.3) is 0 Å². The molecule has 1 aromatic rings. The second-order valence-electron chi connectivity index (χ2n) is 4.63. The molecule has 98 valence electrons. The number of likely N-dealkylation sites (tertiary alicyclic amines) is 1. The zero-order valence-electron chi connectivity index (χ0n) is 10.0. The minimum Gasteiger partial charge on any atom is -0.342 e. The Morgan fingerprint density at radius 3 is 2.78 bits per heavy atom. The number of benzene rings is 1. The van der Waals surface area contributed by atoms with E-state index in [-0.39, 0.29) is 5.91 Å². The number of carbonyl (C=O) groups is 1. The Labute approximate surface area is 117 Å². The molecule has 0 radical (unpaired) electrons. The smallest absolute Gasteiger partial charge is 0.222 e. The van der Waals surface area contributed by atoms with Crippen LogP contribution in [0.5, 0.6) is 0 Å². The maximum Gasteiger partial charge on any atom is 0.222 e. The van der Waals surface area contributed by atoms with Crippen LogP contribution < -0.4 is 5.73 Å². The number of hydrogen-bond donors (Lipinski definition) is 1. The van der Waals surface area contributed by atoms with Gasteiger partial charge in [0, 0.05) is 29.6 Å². The number of hydrogen-bond acceptors (Lipinski definition) is 2. The monoisotopic (exact) mass is 286 g/mol. The van der Waals surface area contributed by atoms with Crippen LogP contribution in [-0.2, 0) is 11.2 Å². The first-order chi connectivity index (χ1) is 8.60. The van der Waals surface area contributed by atoms with E-state index in [1.807, 2.05) is 17.0 Å². The van der Waals surface area contributed by atoms with Crippen molar-refractivity contribution in [3.8, 4) is 0 Å². The molecule has 0 saturated carbocycles. The molecule has 2 rings (SSSR count). The normalized spacial score (nSPS) is 19.6. The highest BCUT2D eigenvalue weighted by molar-refractivity contribution is 6.35. The number of nitrogens with zero attached hydrogens (tertiary/aromatic N) is 1. The molecule has 1 aromatic carbocycles. The molecule has 1 aliphatic heterocycles. The van der Waals surface area contributed by atoms with Crippen molar-refractivity contribution in [3.05, 3.63) is 33.8 Å². The maximum atomic E-state index is 11.7. The first kappa shape index (κ1) is 13.7. The van der Waals surface area contributed by atoms with Gasteiger partial charge in [0.2, 0.25) is 5.91 Å². The summed E-state index contributed by atoms with van der Waals surface area (Å²) in [5, 5.41) is 1.29. The molecule has 1 atom stereocenters. The molecule has 1 aliphatic rings. The Morgan fingerprint density at radius 1 is 1.39 bits per heavy atom. The molecule has 1 saturated heterocycles. The fourth-order valence-corrected chi connectivity index (χ4v) is 2.71. The van der Waals surface area contributed by atoms with Crippen LogP contribution in [0.1, 0.15) is 12.0 Å². The summed E-state index contributed by atoms with van der Waals surface area (Å²) in [4.78, 5) is 13.6.